The van der Waals surface area contributed by atoms with Gasteiger partial charge in [0.15, 0.2) is 0 Å². The molecule has 2 amide bonds. The highest BCUT2D eigenvalue weighted by molar-refractivity contribution is 6.30. The largest absolute Gasteiger partial charge is 0.369 e. The van der Waals surface area contributed by atoms with Crippen LogP contribution >= 0.6 is 11.6 Å². The van der Waals surface area contributed by atoms with Crippen LogP contribution in [0.2, 0.25) is 5.02 Å². The van der Waals surface area contributed by atoms with E-state index in [1.54, 1.807) is 4.90 Å². The molecule has 1 saturated heterocycles. The predicted molar refractivity (Wildman–Crippen MR) is 76.2 cm³/mol. The van der Waals surface area contributed by atoms with Crippen molar-refractivity contribution in [2.24, 2.45) is 11.7 Å². The number of amides is 2. The highest BCUT2D eigenvalue weighted by Crippen LogP contribution is 2.50. The van der Waals surface area contributed by atoms with E-state index in [1.165, 1.54) is 0 Å². The summed E-state index contributed by atoms with van der Waals surface area (Å²) in [7, 11) is 0. The maximum absolute atomic E-state index is 12.7. The quantitative estimate of drug-likeness (QED) is 0.922. The summed E-state index contributed by atoms with van der Waals surface area (Å²) in [5.74, 6) is -0.375. The van der Waals surface area contributed by atoms with E-state index in [1.807, 2.05) is 24.3 Å². The lowest BCUT2D eigenvalue weighted by atomic mass is 9.94. The van der Waals surface area contributed by atoms with Crippen LogP contribution in [-0.4, -0.2) is 29.8 Å². The summed E-state index contributed by atoms with van der Waals surface area (Å²) < 4.78 is 0. The Kier molecular flexibility index (Phi) is 3.21. The maximum Gasteiger partial charge on any atom is 0.233 e. The van der Waals surface area contributed by atoms with Gasteiger partial charge in [0.25, 0.3) is 0 Å². The fraction of sp³-hybridized carbons (Fsp3) is 0.467. The SMILES string of the molecule is NC(=O)C1CCN(C(=O)C2(c3ccc(Cl)cc3)CC2)C1. The smallest absolute Gasteiger partial charge is 0.233 e. The molecular weight excluding hydrogens is 276 g/mol. The molecule has 5 heteroatoms. The van der Waals surface area contributed by atoms with E-state index in [0.29, 0.717) is 24.5 Å². The number of halogens is 1. The van der Waals surface area contributed by atoms with Gasteiger partial charge in [0.2, 0.25) is 11.8 Å². The van der Waals surface area contributed by atoms with Gasteiger partial charge >= 0.3 is 0 Å². The maximum atomic E-state index is 12.7. The van der Waals surface area contributed by atoms with E-state index in [-0.39, 0.29) is 17.7 Å². The van der Waals surface area contributed by atoms with Gasteiger partial charge in [0.1, 0.15) is 0 Å². The average molecular weight is 293 g/mol. The molecule has 1 unspecified atom stereocenters. The zero-order valence-corrected chi connectivity index (χ0v) is 11.9. The van der Waals surface area contributed by atoms with Gasteiger partial charge < -0.3 is 10.6 Å². The van der Waals surface area contributed by atoms with Crippen LogP contribution in [0.1, 0.15) is 24.8 Å². The Labute approximate surface area is 122 Å². The molecule has 3 rings (SSSR count). The fourth-order valence-corrected chi connectivity index (χ4v) is 3.13. The summed E-state index contributed by atoms with van der Waals surface area (Å²) in [6.45, 7) is 1.09. The van der Waals surface area contributed by atoms with Gasteiger partial charge in [0.05, 0.1) is 11.3 Å². The van der Waals surface area contributed by atoms with Crippen LogP contribution in [0.3, 0.4) is 0 Å². The number of hydrogen-bond donors (Lipinski definition) is 1. The Morgan fingerprint density at radius 3 is 2.40 bits per heavy atom. The van der Waals surface area contributed by atoms with Crippen LogP contribution in [0.15, 0.2) is 24.3 Å². The third kappa shape index (κ3) is 2.18. The van der Waals surface area contributed by atoms with Crippen LogP contribution < -0.4 is 5.73 Å². The summed E-state index contributed by atoms with van der Waals surface area (Å²) in [5, 5.41) is 0.673. The van der Waals surface area contributed by atoms with Crippen LogP contribution in [-0.2, 0) is 15.0 Å². The van der Waals surface area contributed by atoms with E-state index in [2.05, 4.69) is 0 Å². The molecule has 1 atom stereocenters. The van der Waals surface area contributed by atoms with Crippen molar-refractivity contribution in [3.8, 4) is 0 Å². The molecule has 106 valence electrons. The van der Waals surface area contributed by atoms with Crippen molar-refractivity contribution >= 4 is 23.4 Å². The standard InChI is InChI=1S/C15H17ClN2O2/c16-12-3-1-11(2-4-12)15(6-7-15)14(20)18-8-5-10(9-18)13(17)19/h1-4,10H,5-9H2,(H2,17,19). The zero-order chi connectivity index (χ0) is 14.3. The number of carbonyl (C=O) groups is 2. The highest BCUT2D eigenvalue weighted by atomic mass is 35.5. The van der Waals surface area contributed by atoms with Crippen LogP contribution in [0.5, 0.6) is 0 Å². The minimum absolute atomic E-state index is 0.128. The summed E-state index contributed by atoms with van der Waals surface area (Å²) in [4.78, 5) is 25.7. The van der Waals surface area contributed by atoms with Gasteiger partial charge in [-0.25, -0.2) is 0 Å². The molecule has 20 heavy (non-hydrogen) atoms. The Morgan fingerprint density at radius 2 is 1.90 bits per heavy atom. The first kappa shape index (κ1) is 13.4. The second-order valence-corrected chi connectivity index (χ2v) is 6.16. The normalized spacial score (nSPS) is 23.6. The van der Waals surface area contributed by atoms with Crippen molar-refractivity contribution in [2.45, 2.75) is 24.7 Å². The van der Waals surface area contributed by atoms with Gasteiger partial charge in [-0.1, -0.05) is 23.7 Å². The Morgan fingerprint density at radius 1 is 1.25 bits per heavy atom. The minimum Gasteiger partial charge on any atom is -0.369 e. The molecule has 1 aliphatic carbocycles. The van der Waals surface area contributed by atoms with Crippen molar-refractivity contribution < 1.29 is 9.59 Å². The number of hydrogen-bond acceptors (Lipinski definition) is 2. The number of nitrogens with two attached hydrogens (primary N) is 1. The molecule has 0 radical (unpaired) electrons. The van der Waals surface area contributed by atoms with E-state index >= 15 is 0 Å². The topological polar surface area (TPSA) is 63.4 Å². The molecule has 4 nitrogen and oxygen atoms in total. The monoisotopic (exact) mass is 292 g/mol. The molecule has 1 heterocycles. The Bertz CT molecular complexity index is 551. The van der Waals surface area contributed by atoms with Crippen molar-refractivity contribution in [1.29, 1.82) is 0 Å². The van der Waals surface area contributed by atoms with E-state index in [4.69, 9.17) is 17.3 Å². The number of carbonyl (C=O) groups excluding carboxylic acids is 2. The number of likely N-dealkylation sites (tertiary alicyclic amines) is 1. The van der Waals surface area contributed by atoms with Crippen LogP contribution in [0.4, 0.5) is 0 Å². The summed E-state index contributed by atoms with van der Waals surface area (Å²) >= 11 is 5.90. The van der Waals surface area contributed by atoms with E-state index < -0.39 is 5.41 Å². The second kappa shape index (κ2) is 4.77. The second-order valence-electron chi connectivity index (χ2n) is 5.73. The van der Waals surface area contributed by atoms with Crippen LogP contribution in [0.25, 0.3) is 0 Å². The van der Waals surface area contributed by atoms with Gasteiger partial charge in [-0.2, -0.15) is 0 Å². The molecule has 1 saturated carbocycles. The number of primary amides is 1. The molecule has 1 aliphatic heterocycles. The number of rotatable bonds is 3. The highest BCUT2D eigenvalue weighted by Gasteiger charge is 2.53. The van der Waals surface area contributed by atoms with E-state index in [9.17, 15) is 9.59 Å². The molecule has 0 spiro atoms. The third-order valence-electron chi connectivity index (χ3n) is 4.43. The van der Waals surface area contributed by atoms with Gasteiger partial charge in [-0.3, -0.25) is 9.59 Å². The molecule has 0 bridgehead atoms. The fourth-order valence-electron chi connectivity index (χ4n) is 3.00. The molecule has 2 N–H and O–H groups in total. The lowest BCUT2D eigenvalue weighted by Crippen LogP contribution is -2.38. The first-order valence-corrected chi connectivity index (χ1v) is 7.25. The average Bonchev–Trinajstić information content (AvgIpc) is 3.08. The van der Waals surface area contributed by atoms with Gasteiger partial charge in [-0.15, -0.1) is 0 Å². The molecule has 0 aromatic heterocycles. The van der Waals surface area contributed by atoms with Crippen molar-refractivity contribution in [3.63, 3.8) is 0 Å². The van der Waals surface area contributed by atoms with Gasteiger partial charge in [0, 0.05) is 18.1 Å². The number of benzene rings is 1. The summed E-state index contributed by atoms with van der Waals surface area (Å²) in [6.07, 6.45) is 2.41. The Balaban J connectivity index is 1.77. The molecule has 2 fully saturated rings. The Hall–Kier alpha value is -1.55. The molecule has 2 aliphatic rings. The number of nitrogens with zero attached hydrogens (tertiary/aromatic N) is 1. The summed E-state index contributed by atoms with van der Waals surface area (Å²) in [6, 6.07) is 7.49. The van der Waals surface area contributed by atoms with Crippen molar-refractivity contribution in [2.75, 3.05) is 13.1 Å². The van der Waals surface area contributed by atoms with Gasteiger partial charge in [-0.05, 0) is 37.0 Å². The first-order valence-electron chi connectivity index (χ1n) is 6.88. The lowest BCUT2D eigenvalue weighted by Gasteiger charge is -2.23. The third-order valence-corrected chi connectivity index (χ3v) is 4.69. The van der Waals surface area contributed by atoms with Crippen molar-refractivity contribution in [3.05, 3.63) is 34.9 Å². The molecule has 1 aromatic rings. The lowest BCUT2D eigenvalue weighted by molar-refractivity contribution is -0.133. The first-order chi connectivity index (χ1) is 9.53. The minimum atomic E-state index is -0.392. The molecule has 1 aromatic carbocycles. The summed E-state index contributed by atoms with van der Waals surface area (Å²) in [5.41, 5.74) is 5.95. The zero-order valence-electron chi connectivity index (χ0n) is 11.1. The predicted octanol–water partition coefficient (Wildman–Crippen LogP) is 1.71. The van der Waals surface area contributed by atoms with E-state index in [0.717, 1.165) is 18.4 Å². The molecular formula is C15H17ClN2O2. The van der Waals surface area contributed by atoms with Crippen molar-refractivity contribution in [1.82, 2.24) is 4.90 Å². The van der Waals surface area contributed by atoms with Crippen LogP contribution in [0, 0.1) is 5.92 Å².